The van der Waals surface area contributed by atoms with E-state index < -0.39 is 0 Å². The third kappa shape index (κ3) is 1.66. The summed E-state index contributed by atoms with van der Waals surface area (Å²) in [6.45, 7) is 1.14. The molecule has 1 fully saturated rings. The number of hydrogen-bond acceptors (Lipinski definition) is 1. The van der Waals surface area contributed by atoms with E-state index in [2.05, 4.69) is 41.3 Å². The molecule has 19 heavy (non-hydrogen) atoms. The van der Waals surface area contributed by atoms with Crippen molar-refractivity contribution in [3.8, 4) is 0 Å². The number of hydrogen-bond donors (Lipinski definition) is 1. The van der Waals surface area contributed by atoms with Crippen LogP contribution < -0.4 is 0 Å². The van der Waals surface area contributed by atoms with E-state index in [0.29, 0.717) is 17.9 Å². The average Bonchev–Trinajstić information content (AvgIpc) is 2.85. The minimum absolute atomic E-state index is 0.628. The van der Waals surface area contributed by atoms with Crippen LogP contribution in [0.25, 0.3) is 10.9 Å². The van der Waals surface area contributed by atoms with Crippen molar-refractivity contribution in [1.29, 1.82) is 0 Å². The molecule has 4 rings (SSSR count). The van der Waals surface area contributed by atoms with Crippen LogP contribution in [0.1, 0.15) is 23.5 Å². The Morgan fingerprint density at radius 3 is 3.16 bits per heavy atom. The summed E-state index contributed by atoms with van der Waals surface area (Å²) in [5.41, 5.74) is 4.32. The number of fused-ring (bicyclic) bond motifs is 2. The van der Waals surface area contributed by atoms with E-state index in [1.54, 1.807) is 0 Å². The number of aromatic amines is 1. The van der Waals surface area contributed by atoms with Gasteiger partial charge in [-0.15, -0.1) is 11.6 Å². The van der Waals surface area contributed by atoms with Crippen molar-refractivity contribution in [2.24, 2.45) is 5.92 Å². The lowest BCUT2D eigenvalue weighted by Gasteiger charge is -2.45. The lowest BCUT2D eigenvalue weighted by Crippen LogP contribution is -2.48. The summed E-state index contributed by atoms with van der Waals surface area (Å²) in [4.78, 5) is 5.95. The summed E-state index contributed by atoms with van der Waals surface area (Å²) in [6, 6.07) is 7.34. The quantitative estimate of drug-likeness (QED) is 0.790. The van der Waals surface area contributed by atoms with E-state index in [1.165, 1.54) is 34.9 Å². The van der Waals surface area contributed by atoms with Gasteiger partial charge in [-0.1, -0.05) is 12.1 Å². The fourth-order valence-electron chi connectivity index (χ4n) is 4.17. The number of alkyl halides is 1. The van der Waals surface area contributed by atoms with Crippen LogP contribution in [0, 0.1) is 5.92 Å². The number of rotatable bonds is 1. The Morgan fingerprint density at radius 2 is 2.32 bits per heavy atom. The number of aromatic nitrogens is 1. The fourth-order valence-corrected chi connectivity index (χ4v) is 4.39. The van der Waals surface area contributed by atoms with Gasteiger partial charge >= 0.3 is 0 Å². The van der Waals surface area contributed by atoms with E-state index in [0.717, 1.165) is 12.4 Å². The number of likely N-dealkylation sites (tertiary alicyclic amines) is 1. The molecule has 1 unspecified atom stereocenters. The van der Waals surface area contributed by atoms with Crippen LogP contribution in [0.2, 0.25) is 0 Å². The van der Waals surface area contributed by atoms with Crippen LogP contribution in [0.4, 0.5) is 0 Å². The summed E-state index contributed by atoms with van der Waals surface area (Å²) in [7, 11) is 2.26. The van der Waals surface area contributed by atoms with Crippen molar-refractivity contribution in [2.45, 2.75) is 24.8 Å². The van der Waals surface area contributed by atoms with E-state index in [1.807, 2.05) is 0 Å². The Kier molecular flexibility index (Phi) is 2.64. The molecule has 0 amide bonds. The van der Waals surface area contributed by atoms with Crippen molar-refractivity contribution in [1.82, 2.24) is 9.88 Å². The van der Waals surface area contributed by atoms with Crippen molar-refractivity contribution < 1.29 is 0 Å². The number of benzene rings is 1. The van der Waals surface area contributed by atoms with Gasteiger partial charge in [0.15, 0.2) is 0 Å². The molecule has 0 spiro atoms. The molecule has 1 aromatic carbocycles. The van der Waals surface area contributed by atoms with Gasteiger partial charge in [0.1, 0.15) is 0 Å². The van der Waals surface area contributed by atoms with Crippen molar-refractivity contribution in [3.63, 3.8) is 0 Å². The first kappa shape index (κ1) is 11.8. The van der Waals surface area contributed by atoms with Crippen LogP contribution in [0.15, 0.2) is 24.4 Å². The first-order chi connectivity index (χ1) is 9.28. The van der Waals surface area contributed by atoms with Gasteiger partial charge in [-0.25, -0.2) is 0 Å². The number of piperidine rings is 1. The highest BCUT2D eigenvalue weighted by molar-refractivity contribution is 6.18. The van der Waals surface area contributed by atoms with E-state index in [9.17, 15) is 0 Å². The largest absolute Gasteiger partial charge is 0.361 e. The topological polar surface area (TPSA) is 19.0 Å². The number of nitrogens with one attached hydrogen (secondary N) is 1. The molecule has 100 valence electrons. The molecule has 0 saturated carbocycles. The second-order valence-corrected chi connectivity index (χ2v) is 6.47. The van der Waals surface area contributed by atoms with Crippen LogP contribution in [-0.2, 0) is 6.42 Å². The molecule has 1 N–H and O–H groups in total. The Labute approximate surface area is 118 Å². The van der Waals surface area contributed by atoms with E-state index in [-0.39, 0.29) is 0 Å². The Balaban J connectivity index is 1.86. The Morgan fingerprint density at radius 1 is 1.42 bits per heavy atom. The summed E-state index contributed by atoms with van der Waals surface area (Å²) >= 11 is 6.13. The molecule has 0 bridgehead atoms. The predicted octanol–water partition coefficient (Wildman–Crippen LogP) is 3.37. The molecule has 1 aliphatic heterocycles. The molecule has 2 heterocycles. The Hall–Kier alpha value is -0.990. The molecule has 0 radical (unpaired) electrons. The highest BCUT2D eigenvalue weighted by atomic mass is 35.5. The van der Waals surface area contributed by atoms with Crippen molar-refractivity contribution in [3.05, 3.63) is 35.5 Å². The minimum Gasteiger partial charge on any atom is -0.361 e. The maximum Gasteiger partial charge on any atom is 0.0459 e. The van der Waals surface area contributed by atoms with E-state index >= 15 is 0 Å². The van der Waals surface area contributed by atoms with Gasteiger partial charge < -0.3 is 9.88 Å². The molecule has 2 nitrogen and oxygen atoms in total. The third-order valence-electron chi connectivity index (χ3n) is 5.03. The number of H-pyrrole nitrogens is 1. The predicted molar refractivity (Wildman–Crippen MR) is 80.0 cm³/mol. The average molecular weight is 275 g/mol. The number of halogens is 1. The first-order valence-electron chi connectivity index (χ1n) is 7.13. The number of nitrogens with zero attached hydrogens (tertiary/aromatic N) is 1. The summed E-state index contributed by atoms with van der Waals surface area (Å²) in [6.07, 6.45) is 4.61. The molecule has 1 aromatic heterocycles. The standard InChI is InChI=1S/C16H19ClN2/c1-19-9-10(7-17)5-13-12-3-2-4-14-16(12)11(8-18-14)6-15(13)19/h2-4,8,10,13,15,18H,5-7,9H2,1H3/t10?,13-,15-/m1/s1. The zero-order valence-corrected chi connectivity index (χ0v) is 12.0. The minimum atomic E-state index is 0.628. The lowest BCUT2D eigenvalue weighted by atomic mass is 9.73. The van der Waals surface area contributed by atoms with Gasteiger partial charge in [0.2, 0.25) is 0 Å². The Bertz CT molecular complexity index is 618. The molecule has 2 aliphatic rings. The van der Waals surface area contributed by atoms with Crippen LogP contribution in [0.5, 0.6) is 0 Å². The van der Waals surface area contributed by atoms with Gasteiger partial charge in [-0.2, -0.15) is 0 Å². The monoisotopic (exact) mass is 274 g/mol. The zero-order chi connectivity index (χ0) is 13.0. The van der Waals surface area contributed by atoms with Crippen molar-refractivity contribution in [2.75, 3.05) is 19.5 Å². The molecule has 2 aromatic rings. The highest BCUT2D eigenvalue weighted by Gasteiger charge is 2.38. The van der Waals surface area contributed by atoms with Crippen LogP contribution in [0.3, 0.4) is 0 Å². The van der Waals surface area contributed by atoms with Gasteiger partial charge in [-0.05, 0) is 43.0 Å². The smallest absolute Gasteiger partial charge is 0.0459 e. The highest BCUT2D eigenvalue weighted by Crippen LogP contribution is 2.44. The molecule has 1 aliphatic carbocycles. The van der Waals surface area contributed by atoms with Gasteiger partial charge in [0, 0.05) is 41.5 Å². The lowest BCUT2D eigenvalue weighted by molar-refractivity contribution is 0.121. The summed E-state index contributed by atoms with van der Waals surface area (Å²) in [5.74, 6) is 2.06. The zero-order valence-electron chi connectivity index (χ0n) is 11.2. The second kappa shape index (κ2) is 4.26. The van der Waals surface area contributed by atoms with Crippen LogP contribution in [-0.4, -0.2) is 35.4 Å². The molecule has 1 saturated heterocycles. The first-order valence-corrected chi connectivity index (χ1v) is 7.66. The molecular formula is C16H19ClN2. The van der Waals surface area contributed by atoms with Gasteiger partial charge in [-0.3, -0.25) is 0 Å². The maximum atomic E-state index is 6.13. The van der Waals surface area contributed by atoms with Crippen LogP contribution >= 0.6 is 11.6 Å². The third-order valence-corrected chi connectivity index (χ3v) is 5.47. The maximum absolute atomic E-state index is 6.13. The molecule has 3 heteroatoms. The fraction of sp³-hybridized carbons (Fsp3) is 0.500. The summed E-state index contributed by atoms with van der Waals surface area (Å²) in [5, 5.41) is 1.48. The van der Waals surface area contributed by atoms with Gasteiger partial charge in [0.25, 0.3) is 0 Å². The second-order valence-electron chi connectivity index (χ2n) is 6.16. The molecule has 3 atom stereocenters. The van der Waals surface area contributed by atoms with Crippen molar-refractivity contribution >= 4 is 22.5 Å². The summed E-state index contributed by atoms with van der Waals surface area (Å²) < 4.78 is 0. The van der Waals surface area contributed by atoms with E-state index in [4.69, 9.17) is 11.6 Å². The molecular weight excluding hydrogens is 256 g/mol. The SMILES string of the molecule is CN1CC(CCl)C[C@@H]2c3cccc4[nH]cc(c34)C[C@H]21. The normalized spacial score (nSPS) is 30.5. The number of likely N-dealkylation sites (N-methyl/N-ethyl adjacent to an activating group) is 1. The van der Waals surface area contributed by atoms with Gasteiger partial charge in [0.05, 0.1) is 0 Å².